The molecule has 0 spiro atoms. The van der Waals surface area contributed by atoms with Crippen molar-refractivity contribution in [2.24, 2.45) is 0 Å². The SMILES string of the molecule is CC1(C)CC(Nc2ncnc(Nc3cccc4ccccc34)c2N)CC(C)(C)N1. The van der Waals surface area contributed by atoms with E-state index >= 15 is 0 Å². The number of anilines is 4. The number of piperidine rings is 1. The van der Waals surface area contributed by atoms with Crippen LogP contribution in [0, 0.1) is 0 Å². The van der Waals surface area contributed by atoms with Crippen molar-refractivity contribution >= 4 is 33.8 Å². The molecule has 4 rings (SSSR count). The molecule has 1 aromatic heterocycles. The summed E-state index contributed by atoms with van der Waals surface area (Å²) >= 11 is 0. The van der Waals surface area contributed by atoms with E-state index in [1.165, 1.54) is 5.39 Å². The van der Waals surface area contributed by atoms with Crippen LogP contribution in [0.15, 0.2) is 48.8 Å². The number of hydrogen-bond acceptors (Lipinski definition) is 6. The Morgan fingerprint density at radius 1 is 0.931 bits per heavy atom. The molecule has 5 N–H and O–H groups in total. The lowest BCUT2D eigenvalue weighted by Gasteiger charge is -2.46. The molecule has 0 amide bonds. The Kier molecular flexibility index (Phi) is 4.82. The smallest absolute Gasteiger partial charge is 0.159 e. The quantitative estimate of drug-likeness (QED) is 0.517. The second-order valence-electron chi connectivity index (χ2n) is 9.28. The van der Waals surface area contributed by atoms with Crippen LogP contribution in [0.4, 0.5) is 23.0 Å². The highest BCUT2D eigenvalue weighted by Gasteiger charge is 2.37. The van der Waals surface area contributed by atoms with Gasteiger partial charge in [0.25, 0.3) is 0 Å². The molecular weight excluding hydrogens is 360 g/mol. The number of nitrogen functional groups attached to an aromatic ring is 1. The summed E-state index contributed by atoms with van der Waals surface area (Å²) in [5.41, 5.74) is 8.07. The second-order valence-corrected chi connectivity index (χ2v) is 9.28. The van der Waals surface area contributed by atoms with Gasteiger partial charge in [-0.1, -0.05) is 36.4 Å². The molecule has 0 atom stereocenters. The predicted octanol–water partition coefficient (Wildman–Crippen LogP) is 4.68. The lowest BCUT2D eigenvalue weighted by molar-refractivity contribution is 0.170. The van der Waals surface area contributed by atoms with Gasteiger partial charge in [0.15, 0.2) is 11.6 Å². The van der Waals surface area contributed by atoms with Crippen LogP contribution >= 0.6 is 0 Å². The molecule has 29 heavy (non-hydrogen) atoms. The van der Waals surface area contributed by atoms with Gasteiger partial charge in [-0.15, -0.1) is 0 Å². The largest absolute Gasteiger partial charge is 0.393 e. The molecule has 1 aliphatic heterocycles. The van der Waals surface area contributed by atoms with E-state index in [4.69, 9.17) is 5.73 Å². The maximum atomic E-state index is 6.46. The average molecular weight is 391 g/mol. The van der Waals surface area contributed by atoms with Crippen molar-refractivity contribution in [1.82, 2.24) is 15.3 Å². The minimum absolute atomic E-state index is 0.0469. The van der Waals surface area contributed by atoms with Crippen molar-refractivity contribution in [3.05, 3.63) is 48.8 Å². The first-order chi connectivity index (χ1) is 13.7. The van der Waals surface area contributed by atoms with Crippen LogP contribution in [0.25, 0.3) is 10.8 Å². The van der Waals surface area contributed by atoms with Crippen LogP contribution in [0.3, 0.4) is 0 Å². The van der Waals surface area contributed by atoms with Crippen LogP contribution < -0.4 is 21.7 Å². The minimum atomic E-state index is 0.0469. The minimum Gasteiger partial charge on any atom is -0.393 e. The van der Waals surface area contributed by atoms with Crippen molar-refractivity contribution in [3.63, 3.8) is 0 Å². The molecule has 6 heteroatoms. The molecule has 0 bridgehead atoms. The molecule has 1 fully saturated rings. The maximum absolute atomic E-state index is 6.46. The summed E-state index contributed by atoms with van der Waals surface area (Å²) in [6, 6.07) is 14.7. The fraction of sp³-hybridized carbons (Fsp3) is 0.391. The van der Waals surface area contributed by atoms with Crippen molar-refractivity contribution in [2.45, 2.75) is 57.7 Å². The topological polar surface area (TPSA) is 87.9 Å². The van der Waals surface area contributed by atoms with Gasteiger partial charge in [-0.3, -0.25) is 0 Å². The summed E-state index contributed by atoms with van der Waals surface area (Å²) in [6.07, 6.45) is 3.54. The van der Waals surface area contributed by atoms with E-state index in [-0.39, 0.29) is 17.1 Å². The molecule has 1 saturated heterocycles. The average Bonchev–Trinajstić information content (AvgIpc) is 2.63. The highest BCUT2D eigenvalue weighted by molar-refractivity contribution is 5.96. The van der Waals surface area contributed by atoms with Crippen molar-refractivity contribution < 1.29 is 0 Å². The zero-order chi connectivity index (χ0) is 20.6. The van der Waals surface area contributed by atoms with Gasteiger partial charge in [-0.05, 0) is 52.0 Å². The first kappa shape index (κ1) is 19.5. The number of nitrogens with one attached hydrogen (secondary N) is 3. The highest BCUT2D eigenvalue weighted by atomic mass is 15.1. The summed E-state index contributed by atoms with van der Waals surface area (Å²) in [4.78, 5) is 8.82. The van der Waals surface area contributed by atoms with Gasteiger partial charge >= 0.3 is 0 Å². The fourth-order valence-corrected chi connectivity index (χ4v) is 4.69. The predicted molar refractivity (Wildman–Crippen MR) is 122 cm³/mol. The second kappa shape index (κ2) is 7.19. The zero-order valence-corrected chi connectivity index (χ0v) is 17.6. The van der Waals surface area contributed by atoms with Gasteiger partial charge < -0.3 is 21.7 Å². The summed E-state index contributed by atoms with van der Waals surface area (Å²) in [5.74, 6) is 1.30. The van der Waals surface area contributed by atoms with Crippen molar-refractivity contribution in [2.75, 3.05) is 16.4 Å². The lowest BCUT2D eigenvalue weighted by atomic mass is 9.79. The van der Waals surface area contributed by atoms with Crippen LogP contribution in [0.2, 0.25) is 0 Å². The molecule has 1 aliphatic rings. The normalized spacial score (nSPS) is 18.5. The first-order valence-corrected chi connectivity index (χ1v) is 10.1. The van der Waals surface area contributed by atoms with E-state index in [1.54, 1.807) is 6.33 Å². The molecular formula is C23H30N6. The molecule has 152 valence electrons. The molecule has 2 aromatic carbocycles. The van der Waals surface area contributed by atoms with Gasteiger partial charge in [0.1, 0.15) is 12.0 Å². The van der Waals surface area contributed by atoms with Crippen LogP contribution in [0.5, 0.6) is 0 Å². The van der Waals surface area contributed by atoms with Gasteiger partial charge in [-0.2, -0.15) is 0 Å². The van der Waals surface area contributed by atoms with E-state index in [0.29, 0.717) is 17.3 Å². The standard InChI is InChI=1S/C23H30N6/c1-22(2)12-16(13-23(3,4)29-22)27-20-19(24)21(26-14-25-20)28-18-11-7-9-15-8-5-6-10-17(15)18/h5-11,14,16,29H,12-13,24H2,1-4H3,(H2,25,26,27,28). The van der Waals surface area contributed by atoms with Gasteiger partial charge in [-0.25, -0.2) is 9.97 Å². The number of nitrogens with zero attached hydrogens (tertiary/aromatic N) is 2. The number of nitrogens with two attached hydrogens (primary N) is 1. The van der Waals surface area contributed by atoms with E-state index in [1.807, 2.05) is 24.3 Å². The van der Waals surface area contributed by atoms with E-state index < -0.39 is 0 Å². The maximum Gasteiger partial charge on any atom is 0.159 e. The Hall–Kier alpha value is -2.86. The van der Waals surface area contributed by atoms with Crippen LogP contribution in [-0.4, -0.2) is 27.1 Å². The summed E-state index contributed by atoms with van der Waals surface area (Å²) in [5, 5.41) is 13.0. The third-order valence-corrected chi connectivity index (χ3v) is 5.46. The molecule has 0 aliphatic carbocycles. The van der Waals surface area contributed by atoms with Crippen molar-refractivity contribution in [3.8, 4) is 0 Å². The number of hydrogen-bond donors (Lipinski definition) is 4. The monoisotopic (exact) mass is 390 g/mol. The molecule has 3 aromatic rings. The number of benzene rings is 2. The summed E-state index contributed by atoms with van der Waals surface area (Å²) < 4.78 is 0. The first-order valence-electron chi connectivity index (χ1n) is 10.1. The zero-order valence-electron chi connectivity index (χ0n) is 17.6. The highest BCUT2D eigenvalue weighted by Crippen LogP contribution is 2.34. The third kappa shape index (κ3) is 4.27. The summed E-state index contributed by atoms with van der Waals surface area (Å²) in [6.45, 7) is 8.94. The third-order valence-electron chi connectivity index (χ3n) is 5.46. The van der Waals surface area contributed by atoms with Gasteiger partial charge in [0.05, 0.1) is 0 Å². The van der Waals surface area contributed by atoms with Gasteiger partial charge in [0.2, 0.25) is 0 Å². The Morgan fingerprint density at radius 3 is 2.34 bits per heavy atom. The molecule has 0 unspecified atom stereocenters. The van der Waals surface area contributed by atoms with E-state index in [2.05, 4.69) is 71.8 Å². The van der Waals surface area contributed by atoms with Crippen LogP contribution in [0.1, 0.15) is 40.5 Å². The Bertz CT molecular complexity index is 1010. The lowest BCUT2D eigenvalue weighted by Crippen LogP contribution is -2.60. The molecule has 6 nitrogen and oxygen atoms in total. The number of aromatic nitrogens is 2. The Morgan fingerprint density at radius 2 is 1.59 bits per heavy atom. The molecule has 0 saturated carbocycles. The number of fused-ring (bicyclic) bond motifs is 1. The van der Waals surface area contributed by atoms with Gasteiger partial charge in [0, 0.05) is 28.2 Å². The fourth-order valence-electron chi connectivity index (χ4n) is 4.69. The summed E-state index contributed by atoms with van der Waals surface area (Å²) in [7, 11) is 0. The number of rotatable bonds is 4. The van der Waals surface area contributed by atoms with E-state index in [0.717, 1.165) is 23.9 Å². The molecule has 2 heterocycles. The van der Waals surface area contributed by atoms with Crippen molar-refractivity contribution in [1.29, 1.82) is 0 Å². The Labute approximate surface area is 172 Å². The molecule has 0 radical (unpaired) electrons. The van der Waals surface area contributed by atoms with Crippen LogP contribution in [-0.2, 0) is 0 Å². The Balaban J connectivity index is 1.59. The van der Waals surface area contributed by atoms with E-state index in [9.17, 15) is 0 Å².